The predicted molar refractivity (Wildman–Crippen MR) is 77.5 cm³/mol. The van der Waals surface area contributed by atoms with Crippen molar-refractivity contribution < 1.29 is 4.79 Å². The summed E-state index contributed by atoms with van der Waals surface area (Å²) in [4.78, 5) is 16.1. The van der Waals surface area contributed by atoms with Crippen molar-refractivity contribution in [2.24, 2.45) is 0 Å². The summed E-state index contributed by atoms with van der Waals surface area (Å²) in [5, 5.41) is 2.83. The van der Waals surface area contributed by atoms with Crippen LogP contribution in [0.2, 0.25) is 0 Å². The van der Waals surface area contributed by atoms with Gasteiger partial charge in [0.1, 0.15) is 0 Å². The third-order valence-corrected chi connectivity index (χ3v) is 3.07. The Balaban J connectivity index is 2.18. The number of benzene rings is 1. The Morgan fingerprint density at radius 1 is 1.26 bits per heavy atom. The normalized spacial score (nSPS) is 10.5. The van der Waals surface area contributed by atoms with Gasteiger partial charge in [0.2, 0.25) is 0 Å². The number of aromatic nitrogens is 1. The second kappa shape index (κ2) is 5.65. The SMILES string of the molecule is Cc1cc(C(=O)Nc2cccnc2)ccc1C(C)C. The van der Waals surface area contributed by atoms with Gasteiger partial charge in [0, 0.05) is 11.8 Å². The Hall–Kier alpha value is -2.16. The molecule has 98 valence electrons. The number of carbonyl (C=O) groups excluding carboxylic acids is 1. The molecule has 1 aromatic heterocycles. The molecule has 1 amide bonds. The van der Waals surface area contributed by atoms with Crippen molar-refractivity contribution in [2.45, 2.75) is 26.7 Å². The van der Waals surface area contributed by atoms with Gasteiger partial charge in [-0.2, -0.15) is 0 Å². The molecule has 1 N–H and O–H groups in total. The zero-order valence-corrected chi connectivity index (χ0v) is 11.5. The fourth-order valence-corrected chi connectivity index (χ4v) is 2.10. The summed E-state index contributed by atoms with van der Waals surface area (Å²) in [7, 11) is 0. The molecular weight excluding hydrogens is 236 g/mol. The van der Waals surface area contributed by atoms with Crippen LogP contribution < -0.4 is 5.32 Å². The van der Waals surface area contributed by atoms with Crippen molar-refractivity contribution >= 4 is 11.6 Å². The third kappa shape index (κ3) is 3.19. The van der Waals surface area contributed by atoms with Crippen molar-refractivity contribution in [1.29, 1.82) is 0 Å². The molecule has 0 unspecified atom stereocenters. The lowest BCUT2D eigenvalue weighted by Crippen LogP contribution is -2.12. The first-order valence-corrected chi connectivity index (χ1v) is 6.40. The Labute approximate surface area is 113 Å². The van der Waals surface area contributed by atoms with Crippen LogP contribution in [0.4, 0.5) is 5.69 Å². The van der Waals surface area contributed by atoms with Gasteiger partial charge in [-0.25, -0.2) is 0 Å². The monoisotopic (exact) mass is 254 g/mol. The number of amides is 1. The number of hydrogen-bond donors (Lipinski definition) is 1. The minimum Gasteiger partial charge on any atom is -0.321 e. The minimum absolute atomic E-state index is 0.105. The maximum Gasteiger partial charge on any atom is 0.255 e. The first kappa shape index (κ1) is 13.3. The molecule has 0 radical (unpaired) electrons. The van der Waals surface area contributed by atoms with Crippen LogP contribution in [-0.4, -0.2) is 10.9 Å². The van der Waals surface area contributed by atoms with Crippen LogP contribution in [0.15, 0.2) is 42.7 Å². The molecule has 0 saturated carbocycles. The lowest BCUT2D eigenvalue weighted by molar-refractivity contribution is 0.102. The summed E-state index contributed by atoms with van der Waals surface area (Å²) in [6.07, 6.45) is 3.31. The molecule has 1 heterocycles. The standard InChI is InChI=1S/C16H18N2O/c1-11(2)15-7-6-13(9-12(15)3)16(19)18-14-5-4-8-17-10-14/h4-11H,1-3H3,(H,18,19). The van der Waals surface area contributed by atoms with Crippen LogP contribution >= 0.6 is 0 Å². The predicted octanol–water partition coefficient (Wildman–Crippen LogP) is 3.77. The highest BCUT2D eigenvalue weighted by Gasteiger charge is 2.09. The van der Waals surface area contributed by atoms with E-state index in [0.717, 1.165) is 5.56 Å². The van der Waals surface area contributed by atoms with Gasteiger partial charge in [0.25, 0.3) is 5.91 Å². The largest absolute Gasteiger partial charge is 0.321 e. The van der Waals surface area contributed by atoms with E-state index in [2.05, 4.69) is 24.1 Å². The second-order valence-electron chi connectivity index (χ2n) is 4.92. The quantitative estimate of drug-likeness (QED) is 0.906. The highest BCUT2D eigenvalue weighted by Crippen LogP contribution is 2.20. The van der Waals surface area contributed by atoms with Crippen LogP contribution in [0.25, 0.3) is 0 Å². The van der Waals surface area contributed by atoms with E-state index >= 15 is 0 Å². The third-order valence-electron chi connectivity index (χ3n) is 3.07. The summed E-state index contributed by atoms with van der Waals surface area (Å²) in [5.41, 5.74) is 3.80. The fourth-order valence-electron chi connectivity index (χ4n) is 2.10. The van der Waals surface area contributed by atoms with Gasteiger partial charge in [-0.15, -0.1) is 0 Å². The molecule has 19 heavy (non-hydrogen) atoms. The molecular formula is C16H18N2O. The summed E-state index contributed by atoms with van der Waals surface area (Å²) >= 11 is 0. The van der Waals surface area contributed by atoms with Crippen molar-refractivity contribution in [1.82, 2.24) is 4.98 Å². The summed E-state index contributed by atoms with van der Waals surface area (Å²) in [6, 6.07) is 9.44. The molecule has 0 saturated heterocycles. The summed E-state index contributed by atoms with van der Waals surface area (Å²) in [6.45, 7) is 6.34. The minimum atomic E-state index is -0.105. The average Bonchev–Trinajstić information content (AvgIpc) is 2.39. The van der Waals surface area contributed by atoms with Gasteiger partial charge in [-0.05, 0) is 48.2 Å². The number of carbonyl (C=O) groups is 1. The number of pyridine rings is 1. The van der Waals surface area contributed by atoms with Crippen molar-refractivity contribution in [3.63, 3.8) is 0 Å². The number of rotatable bonds is 3. The van der Waals surface area contributed by atoms with Gasteiger partial charge >= 0.3 is 0 Å². The van der Waals surface area contributed by atoms with Crippen LogP contribution in [0.5, 0.6) is 0 Å². The summed E-state index contributed by atoms with van der Waals surface area (Å²) in [5.74, 6) is 0.363. The van der Waals surface area contributed by atoms with E-state index in [1.807, 2.05) is 31.2 Å². The Morgan fingerprint density at radius 2 is 2.05 bits per heavy atom. The molecule has 2 rings (SSSR count). The Bertz CT molecular complexity index is 577. The molecule has 3 heteroatoms. The molecule has 0 aliphatic rings. The zero-order valence-electron chi connectivity index (χ0n) is 11.5. The molecule has 1 aromatic carbocycles. The van der Waals surface area contributed by atoms with E-state index in [1.165, 1.54) is 5.56 Å². The van der Waals surface area contributed by atoms with Crippen LogP contribution in [0.3, 0.4) is 0 Å². The Kier molecular flexibility index (Phi) is 3.95. The van der Waals surface area contributed by atoms with Gasteiger partial charge in [-0.1, -0.05) is 19.9 Å². The van der Waals surface area contributed by atoms with E-state index in [1.54, 1.807) is 18.5 Å². The molecule has 2 aromatic rings. The maximum absolute atomic E-state index is 12.1. The van der Waals surface area contributed by atoms with E-state index in [4.69, 9.17) is 0 Å². The highest BCUT2D eigenvalue weighted by atomic mass is 16.1. The molecule has 0 bridgehead atoms. The van der Waals surface area contributed by atoms with Crippen LogP contribution in [0, 0.1) is 6.92 Å². The molecule has 0 fully saturated rings. The lowest BCUT2D eigenvalue weighted by atomic mass is 9.96. The second-order valence-corrected chi connectivity index (χ2v) is 4.92. The number of anilines is 1. The topological polar surface area (TPSA) is 42.0 Å². The van der Waals surface area contributed by atoms with Gasteiger partial charge in [-0.3, -0.25) is 9.78 Å². The van der Waals surface area contributed by atoms with Crippen LogP contribution in [0.1, 0.15) is 41.3 Å². The fraction of sp³-hybridized carbons (Fsp3) is 0.250. The van der Waals surface area contributed by atoms with Crippen molar-refractivity contribution in [3.8, 4) is 0 Å². The van der Waals surface area contributed by atoms with E-state index in [9.17, 15) is 4.79 Å². The number of nitrogens with zero attached hydrogens (tertiary/aromatic N) is 1. The molecule has 3 nitrogen and oxygen atoms in total. The van der Waals surface area contributed by atoms with Gasteiger partial charge < -0.3 is 5.32 Å². The molecule has 0 aliphatic heterocycles. The number of hydrogen-bond acceptors (Lipinski definition) is 2. The maximum atomic E-state index is 12.1. The van der Waals surface area contributed by atoms with E-state index in [-0.39, 0.29) is 5.91 Å². The van der Waals surface area contributed by atoms with Gasteiger partial charge in [0.15, 0.2) is 0 Å². The van der Waals surface area contributed by atoms with Gasteiger partial charge in [0.05, 0.1) is 11.9 Å². The van der Waals surface area contributed by atoms with E-state index in [0.29, 0.717) is 17.2 Å². The van der Waals surface area contributed by atoms with E-state index < -0.39 is 0 Å². The van der Waals surface area contributed by atoms with Crippen molar-refractivity contribution in [2.75, 3.05) is 5.32 Å². The summed E-state index contributed by atoms with van der Waals surface area (Å²) < 4.78 is 0. The number of nitrogens with one attached hydrogen (secondary N) is 1. The zero-order chi connectivity index (χ0) is 13.8. The first-order valence-electron chi connectivity index (χ1n) is 6.40. The molecule has 0 aliphatic carbocycles. The Morgan fingerprint density at radius 3 is 2.63 bits per heavy atom. The first-order chi connectivity index (χ1) is 9.08. The molecule has 0 atom stereocenters. The average molecular weight is 254 g/mol. The van der Waals surface area contributed by atoms with Crippen molar-refractivity contribution in [3.05, 3.63) is 59.4 Å². The highest BCUT2D eigenvalue weighted by molar-refractivity contribution is 6.04. The number of aryl methyl sites for hydroxylation is 1. The lowest BCUT2D eigenvalue weighted by Gasteiger charge is -2.11. The molecule has 0 spiro atoms. The van der Waals surface area contributed by atoms with Crippen LogP contribution in [-0.2, 0) is 0 Å². The smallest absolute Gasteiger partial charge is 0.255 e.